The second-order valence-corrected chi connectivity index (χ2v) is 6.20. The molecule has 1 heterocycles. The molecule has 0 saturated heterocycles. The van der Waals surface area contributed by atoms with Crippen LogP contribution in [0, 0.1) is 6.92 Å². The Morgan fingerprint density at radius 3 is 2.37 bits per heavy atom. The summed E-state index contributed by atoms with van der Waals surface area (Å²) in [6, 6.07) is 6.91. The molecule has 0 atom stereocenters. The zero-order valence-electron chi connectivity index (χ0n) is 16.7. The van der Waals surface area contributed by atoms with E-state index in [-0.39, 0.29) is 5.91 Å². The van der Waals surface area contributed by atoms with Crippen LogP contribution in [0.1, 0.15) is 42.9 Å². The Hall–Kier alpha value is -2.83. The van der Waals surface area contributed by atoms with Gasteiger partial charge in [0.25, 0.3) is 5.91 Å². The molecule has 0 aliphatic carbocycles. The Balaban J connectivity index is 2.28. The lowest BCUT2D eigenvalue weighted by Crippen LogP contribution is -2.28. The molecule has 7 nitrogen and oxygen atoms in total. The molecule has 2 aromatic rings. The molecule has 7 heteroatoms. The lowest BCUT2D eigenvalue weighted by atomic mass is 10.2. The van der Waals surface area contributed by atoms with Crippen LogP contribution in [-0.2, 0) is 0 Å². The monoisotopic (exact) mass is 372 g/mol. The molecular formula is C20H28N4O3. The maximum atomic E-state index is 12.8. The highest BCUT2D eigenvalue weighted by Gasteiger charge is 2.16. The predicted molar refractivity (Wildman–Crippen MR) is 107 cm³/mol. The van der Waals surface area contributed by atoms with Crippen LogP contribution in [0.3, 0.4) is 0 Å². The Morgan fingerprint density at radius 2 is 1.78 bits per heavy atom. The number of carbonyl (C=O) groups excluding carboxylic acids is 1. The molecule has 27 heavy (non-hydrogen) atoms. The quantitative estimate of drug-likeness (QED) is 0.723. The predicted octanol–water partition coefficient (Wildman–Crippen LogP) is 3.68. The van der Waals surface area contributed by atoms with Crippen molar-refractivity contribution >= 4 is 17.5 Å². The van der Waals surface area contributed by atoms with E-state index in [2.05, 4.69) is 34.0 Å². The molecule has 0 aliphatic heterocycles. The number of benzene rings is 1. The molecule has 1 aromatic heterocycles. The summed E-state index contributed by atoms with van der Waals surface area (Å²) in [5.41, 5.74) is 1.64. The Bertz CT molecular complexity index is 774. The van der Waals surface area contributed by atoms with E-state index in [9.17, 15) is 4.79 Å². The van der Waals surface area contributed by atoms with Crippen LogP contribution in [0.2, 0.25) is 0 Å². The third-order valence-electron chi connectivity index (χ3n) is 4.00. The van der Waals surface area contributed by atoms with Crippen molar-refractivity contribution in [1.29, 1.82) is 0 Å². The van der Waals surface area contributed by atoms with Crippen LogP contribution in [0.5, 0.6) is 11.5 Å². The van der Waals surface area contributed by atoms with Gasteiger partial charge in [0.2, 0.25) is 5.95 Å². The first-order chi connectivity index (χ1) is 13.0. The van der Waals surface area contributed by atoms with E-state index >= 15 is 0 Å². The minimum Gasteiger partial charge on any atom is -0.497 e. The van der Waals surface area contributed by atoms with Crippen molar-refractivity contribution in [3.8, 4) is 11.5 Å². The minimum absolute atomic E-state index is 0.307. The van der Waals surface area contributed by atoms with Crippen molar-refractivity contribution in [3.05, 3.63) is 35.7 Å². The number of aryl methyl sites for hydroxylation is 1. The van der Waals surface area contributed by atoms with Gasteiger partial charge in [0.15, 0.2) is 0 Å². The van der Waals surface area contributed by atoms with Crippen LogP contribution in [0.25, 0.3) is 0 Å². The van der Waals surface area contributed by atoms with Crippen LogP contribution in [0.4, 0.5) is 11.6 Å². The first-order valence-corrected chi connectivity index (χ1v) is 9.16. The number of nitrogens with one attached hydrogen (secondary N) is 1. The molecule has 0 bridgehead atoms. The van der Waals surface area contributed by atoms with Crippen molar-refractivity contribution in [2.45, 2.75) is 33.6 Å². The van der Waals surface area contributed by atoms with Gasteiger partial charge >= 0.3 is 0 Å². The van der Waals surface area contributed by atoms with Gasteiger partial charge in [-0.15, -0.1) is 0 Å². The lowest BCUT2D eigenvalue weighted by molar-refractivity contribution is 0.102. The summed E-state index contributed by atoms with van der Waals surface area (Å²) in [5, 5.41) is 2.86. The summed E-state index contributed by atoms with van der Waals surface area (Å²) in [6.45, 7) is 7.80. The molecule has 0 unspecified atom stereocenters. The molecule has 0 aliphatic rings. The van der Waals surface area contributed by atoms with Crippen LogP contribution in [0.15, 0.2) is 24.3 Å². The van der Waals surface area contributed by atoms with Crippen molar-refractivity contribution < 1.29 is 14.3 Å². The summed E-state index contributed by atoms with van der Waals surface area (Å²) in [6.07, 6.45) is 1.98. The van der Waals surface area contributed by atoms with Crippen molar-refractivity contribution in [1.82, 2.24) is 9.97 Å². The van der Waals surface area contributed by atoms with Gasteiger partial charge in [-0.25, -0.2) is 9.97 Å². The molecular weight excluding hydrogens is 344 g/mol. The summed E-state index contributed by atoms with van der Waals surface area (Å²) in [5.74, 6) is 1.45. The fraction of sp³-hybridized carbons (Fsp3) is 0.450. The summed E-state index contributed by atoms with van der Waals surface area (Å²) < 4.78 is 10.5. The number of hydrogen-bond acceptors (Lipinski definition) is 6. The van der Waals surface area contributed by atoms with Gasteiger partial charge in [-0.1, -0.05) is 13.8 Å². The van der Waals surface area contributed by atoms with E-state index in [1.807, 2.05) is 6.92 Å². The Kier molecular flexibility index (Phi) is 7.40. The highest BCUT2D eigenvalue weighted by atomic mass is 16.5. The lowest BCUT2D eigenvalue weighted by Gasteiger charge is -2.22. The number of ether oxygens (including phenoxy) is 2. The molecule has 1 aromatic carbocycles. The summed E-state index contributed by atoms with van der Waals surface area (Å²) in [7, 11) is 3.13. The zero-order valence-corrected chi connectivity index (χ0v) is 16.7. The number of methoxy groups -OCH3 is 2. The van der Waals surface area contributed by atoms with Gasteiger partial charge in [-0.2, -0.15) is 0 Å². The van der Waals surface area contributed by atoms with E-state index in [1.165, 1.54) is 0 Å². The van der Waals surface area contributed by atoms with Gasteiger partial charge in [0.05, 0.1) is 19.9 Å². The van der Waals surface area contributed by atoms with E-state index in [0.717, 1.165) is 31.6 Å². The minimum atomic E-state index is -0.307. The molecule has 0 radical (unpaired) electrons. The summed E-state index contributed by atoms with van der Waals surface area (Å²) >= 11 is 0. The highest BCUT2D eigenvalue weighted by molar-refractivity contribution is 6.04. The number of anilines is 2. The second-order valence-electron chi connectivity index (χ2n) is 6.20. The first kappa shape index (κ1) is 20.5. The second kappa shape index (κ2) is 9.75. The van der Waals surface area contributed by atoms with E-state index < -0.39 is 0 Å². The average molecular weight is 372 g/mol. The SMILES string of the molecule is CCCN(CCC)c1nc(C)cc(C(=O)Nc2ccc(OC)cc2OC)n1. The van der Waals surface area contributed by atoms with Gasteiger partial charge in [-0.05, 0) is 38.0 Å². The molecule has 0 spiro atoms. The number of nitrogens with zero attached hydrogens (tertiary/aromatic N) is 3. The fourth-order valence-electron chi connectivity index (χ4n) is 2.75. The largest absolute Gasteiger partial charge is 0.497 e. The average Bonchev–Trinajstić information content (AvgIpc) is 2.67. The first-order valence-electron chi connectivity index (χ1n) is 9.16. The standard InChI is InChI=1S/C20H28N4O3/c1-6-10-24(11-7-2)20-21-14(3)12-17(23-20)19(25)22-16-9-8-15(26-4)13-18(16)27-5/h8-9,12-13H,6-7,10-11H2,1-5H3,(H,22,25). The van der Waals surface area contributed by atoms with Gasteiger partial charge < -0.3 is 19.7 Å². The maximum absolute atomic E-state index is 12.8. The molecule has 2 rings (SSSR count). The molecule has 0 fully saturated rings. The number of hydrogen-bond donors (Lipinski definition) is 1. The van der Waals surface area contributed by atoms with E-state index in [0.29, 0.717) is 28.8 Å². The molecule has 0 saturated carbocycles. The Morgan fingerprint density at radius 1 is 1.07 bits per heavy atom. The fourth-order valence-corrected chi connectivity index (χ4v) is 2.75. The van der Waals surface area contributed by atoms with Crippen LogP contribution < -0.4 is 19.7 Å². The molecule has 1 N–H and O–H groups in total. The van der Waals surface area contributed by atoms with Crippen LogP contribution in [-0.4, -0.2) is 43.2 Å². The molecule has 146 valence electrons. The van der Waals surface area contributed by atoms with E-state index in [4.69, 9.17) is 9.47 Å². The van der Waals surface area contributed by atoms with Crippen molar-refractivity contribution in [2.75, 3.05) is 37.5 Å². The third kappa shape index (κ3) is 5.32. The smallest absolute Gasteiger partial charge is 0.274 e. The number of rotatable bonds is 9. The van der Waals surface area contributed by atoms with Crippen molar-refractivity contribution in [2.24, 2.45) is 0 Å². The number of aromatic nitrogens is 2. The van der Waals surface area contributed by atoms with E-state index in [1.54, 1.807) is 38.5 Å². The number of amides is 1. The Labute approximate surface area is 160 Å². The summed E-state index contributed by atoms with van der Waals surface area (Å²) in [4.78, 5) is 23.9. The van der Waals surface area contributed by atoms with Gasteiger partial charge in [0.1, 0.15) is 17.2 Å². The van der Waals surface area contributed by atoms with Crippen molar-refractivity contribution in [3.63, 3.8) is 0 Å². The van der Waals surface area contributed by atoms with Crippen LogP contribution >= 0.6 is 0 Å². The van der Waals surface area contributed by atoms with Gasteiger partial charge in [-0.3, -0.25) is 4.79 Å². The highest BCUT2D eigenvalue weighted by Crippen LogP contribution is 2.29. The van der Waals surface area contributed by atoms with Gasteiger partial charge in [0, 0.05) is 24.8 Å². The maximum Gasteiger partial charge on any atom is 0.274 e. The molecule has 1 amide bonds. The zero-order chi connectivity index (χ0) is 19.8. The topological polar surface area (TPSA) is 76.6 Å². The normalized spacial score (nSPS) is 10.4. The third-order valence-corrected chi connectivity index (χ3v) is 4.00. The number of carbonyl (C=O) groups is 1.